The van der Waals surface area contributed by atoms with E-state index >= 15 is 0 Å². The first-order valence-corrected chi connectivity index (χ1v) is 8.96. The molecule has 0 spiro atoms. The van der Waals surface area contributed by atoms with Gasteiger partial charge in [0.1, 0.15) is 0 Å². The number of fused-ring (bicyclic) bond motifs is 1. The highest BCUT2D eigenvalue weighted by molar-refractivity contribution is 7.14. The average Bonchev–Trinajstić information content (AvgIpc) is 3.04. The second kappa shape index (κ2) is 6.40. The molecule has 2 heterocycles. The topological polar surface area (TPSA) is 76.9 Å². The van der Waals surface area contributed by atoms with Crippen LogP contribution in [0.4, 0.5) is 5.13 Å². The Balaban J connectivity index is 2.01. The minimum absolute atomic E-state index is 0.0835. The number of hydrogen-bond acceptors (Lipinski definition) is 5. The SMILES string of the molecule is CCn1nc(C(=O)Nc2nc(C(C)(C)C)cs2)c2ccccc2c1=O. The van der Waals surface area contributed by atoms with Crippen molar-refractivity contribution in [2.45, 2.75) is 39.7 Å². The summed E-state index contributed by atoms with van der Waals surface area (Å²) in [7, 11) is 0. The number of rotatable bonds is 3. The number of aromatic nitrogens is 3. The van der Waals surface area contributed by atoms with Gasteiger partial charge in [0.2, 0.25) is 0 Å². The average molecular weight is 356 g/mol. The van der Waals surface area contributed by atoms with E-state index in [0.29, 0.717) is 22.4 Å². The summed E-state index contributed by atoms with van der Waals surface area (Å²) >= 11 is 1.38. The molecule has 0 radical (unpaired) electrons. The fraction of sp³-hybridized carbons (Fsp3) is 0.333. The number of nitrogens with zero attached hydrogens (tertiary/aromatic N) is 3. The Morgan fingerprint density at radius 2 is 1.92 bits per heavy atom. The molecule has 3 aromatic rings. The Hall–Kier alpha value is -2.54. The molecule has 2 aromatic heterocycles. The van der Waals surface area contributed by atoms with Crippen LogP contribution in [0.1, 0.15) is 43.9 Å². The predicted octanol–water partition coefficient (Wildman–Crippen LogP) is 3.42. The Morgan fingerprint density at radius 3 is 2.52 bits per heavy atom. The number of benzene rings is 1. The van der Waals surface area contributed by atoms with Gasteiger partial charge in [-0.25, -0.2) is 9.67 Å². The van der Waals surface area contributed by atoms with E-state index in [4.69, 9.17) is 0 Å². The van der Waals surface area contributed by atoms with Crippen molar-refractivity contribution < 1.29 is 4.79 Å². The van der Waals surface area contributed by atoms with E-state index in [9.17, 15) is 9.59 Å². The van der Waals surface area contributed by atoms with Gasteiger partial charge in [-0.3, -0.25) is 14.9 Å². The Morgan fingerprint density at radius 1 is 1.24 bits per heavy atom. The van der Waals surface area contributed by atoms with E-state index in [0.717, 1.165) is 5.69 Å². The van der Waals surface area contributed by atoms with Crippen molar-refractivity contribution in [3.8, 4) is 0 Å². The van der Waals surface area contributed by atoms with Crippen LogP contribution in [0.25, 0.3) is 10.8 Å². The first kappa shape index (κ1) is 17.3. The van der Waals surface area contributed by atoms with Gasteiger partial charge >= 0.3 is 0 Å². The van der Waals surface area contributed by atoms with Crippen molar-refractivity contribution in [3.63, 3.8) is 0 Å². The van der Waals surface area contributed by atoms with Gasteiger partial charge in [0.05, 0.1) is 11.1 Å². The van der Waals surface area contributed by atoms with Crippen LogP contribution in [0.5, 0.6) is 0 Å². The van der Waals surface area contributed by atoms with Crippen molar-refractivity contribution >= 4 is 33.1 Å². The molecular formula is C18H20N4O2S. The molecule has 25 heavy (non-hydrogen) atoms. The van der Waals surface area contributed by atoms with E-state index in [1.807, 2.05) is 12.3 Å². The first-order chi connectivity index (χ1) is 11.8. The van der Waals surface area contributed by atoms with Crippen molar-refractivity contribution in [2.75, 3.05) is 5.32 Å². The molecule has 3 rings (SSSR count). The van der Waals surface area contributed by atoms with Crippen LogP contribution in [0.2, 0.25) is 0 Å². The predicted molar refractivity (Wildman–Crippen MR) is 100 cm³/mol. The second-order valence-corrected chi connectivity index (χ2v) is 7.62. The molecule has 0 saturated heterocycles. The second-order valence-electron chi connectivity index (χ2n) is 6.76. The Kier molecular flexibility index (Phi) is 4.43. The smallest absolute Gasteiger partial charge is 0.278 e. The molecule has 0 bridgehead atoms. The minimum atomic E-state index is -0.367. The van der Waals surface area contributed by atoms with Gasteiger partial charge in [0.25, 0.3) is 11.5 Å². The fourth-order valence-corrected chi connectivity index (χ4v) is 3.38. The lowest BCUT2D eigenvalue weighted by molar-refractivity contribution is 0.102. The summed E-state index contributed by atoms with van der Waals surface area (Å²) in [6.07, 6.45) is 0. The summed E-state index contributed by atoms with van der Waals surface area (Å²) in [4.78, 5) is 29.6. The zero-order valence-corrected chi connectivity index (χ0v) is 15.5. The number of thiazole rings is 1. The van der Waals surface area contributed by atoms with E-state index in [1.54, 1.807) is 24.3 Å². The molecule has 7 heteroatoms. The molecule has 0 unspecified atom stereocenters. The number of anilines is 1. The van der Waals surface area contributed by atoms with Crippen LogP contribution in [0.3, 0.4) is 0 Å². The number of aryl methyl sites for hydroxylation is 1. The summed E-state index contributed by atoms with van der Waals surface area (Å²) in [5, 5.41) is 10.5. The fourth-order valence-electron chi connectivity index (χ4n) is 2.45. The molecule has 0 aliphatic carbocycles. The molecule has 0 aliphatic rings. The number of amides is 1. The van der Waals surface area contributed by atoms with Gasteiger partial charge in [-0.2, -0.15) is 5.10 Å². The van der Waals surface area contributed by atoms with Gasteiger partial charge in [0.15, 0.2) is 10.8 Å². The molecule has 1 amide bonds. The van der Waals surface area contributed by atoms with E-state index in [-0.39, 0.29) is 22.6 Å². The van der Waals surface area contributed by atoms with Gasteiger partial charge in [0, 0.05) is 22.7 Å². The molecule has 6 nitrogen and oxygen atoms in total. The van der Waals surface area contributed by atoms with Crippen LogP contribution in [0, 0.1) is 0 Å². The maximum absolute atomic E-state index is 12.7. The molecule has 1 N–H and O–H groups in total. The molecule has 130 valence electrons. The largest absolute Gasteiger partial charge is 0.296 e. The maximum atomic E-state index is 12.7. The van der Waals surface area contributed by atoms with Crippen molar-refractivity contribution in [1.82, 2.24) is 14.8 Å². The first-order valence-electron chi connectivity index (χ1n) is 8.08. The van der Waals surface area contributed by atoms with Gasteiger partial charge in [-0.15, -0.1) is 11.3 Å². The lowest BCUT2D eigenvalue weighted by Crippen LogP contribution is -2.27. The Bertz CT molecular complexity index is 998. The van der Waals surface area contributed by atoms with Crippen LogP contribution in [-0.4, -0.2) is 20.7 Å². The van der Waals surface area contributed by atoms with E-state index in [1.165, 1.54) is 16.0 Å². The van der Waals surface area contributed by atoms with Gasteiger partial charge < -0.3 is 0 Å². The Labute approximate surface area is 149 Å². The highest BCUT2D eigenvalue weighted by Gasteiger charge is 2.20. The van der Waals surface area contributed by atoms with Crippen molar-refractivity contribution in [3.05, 3.63) is 51.4 Å². The molecule has 1 aromatic carbocycles. The molecule has 0 atom stereocenters. The highest BCUT2D eigenvalue weighted by Crippen LogP contribution is 2.26. The summed E-state index contributed by atoms with van der Waals surface area (Å²) in [5.74, 6) is -0.367. The number of nitrogens with one attached hydrogen (secondary N) is 1. The third-order valence-electron chi connectivity index (χ3n) is 3.88. The summed E-state index contributed by atoms with van der Waals surface area (Å²) in [6.45, 7) is 8.43. The lowest BCUT2D eigenvalue weighted by atomic mass is 9.93. The van der Waals surface area contributed by atoms with Crippen LogP contribution in [-0.2, 0) is 12.0 Å². The van der Waals surface area contributed by atoms with Crippen molar-refractivity contribution in [2.24, 2.45) is 0 Å². The van der Waals surface area contributed by atoms with E-state index < -0.39 is 0 Å². The minimum Gasteiger partial charge on any atom is -0.296 e. The molecular weight excluding hydrogens is 336 g/mol. The van der Waals surface area contributed by atoms with Crippen LogP contribution in [0.15, 0.2) is 34.4 Å². The van der Waals surface area contributed by atoms with Crippen molar-refractivity contribution in [1.29, 1.82) is 0 Å². The van der Waals surface area contributed by atoms with Crippen LogP contribution >= 0.6 is 11.3 Å². The molecule has 0 aliphatic heterocycles. The zero-order chi connectivity index (χ0) is 18.2. The standard InChI is InChI=1S/C18H20N4O2S/c1-5-22-16(24)12-9-7-6-8-11(12)14(21-22)15(23)20-17-19-13(10-25-17)18(2,3)4/h6-10H,5H2,1-4H3,(H,19,20,23). The normalized spacial score (nSPS) is 11.7. The zero-order valence-electron chi connectivity index (χ0n) is 14.7. The maximum Gasteiger partial charge on any atom is 0.278 e. The number of hydrogen-bond donors (Lipinski definition) is 1. The third-order valence-corrected chi connectivity index (χ3v) is 4.63. The monoisotopic (exact) mass is 356 g/mol. The molecule has 0 fully saturated rings. The summed E-state index contributed by atoms with van der Waals surface area (Å²) in [6, 6.07) is 7.02. The van der Waals surface area contributed by atoms with Gasteiger partial charge in [-0.05, 0) is 13.0 Å². The third kappa shape index (κ3) is 3.32. The van der Waals surface area contributed by atoms with Gasteiger partial charge in [-0.1, -0.05) is 39.0 Å². The summed E-state index contributed by atoms with van der Waals surface area (Å²) < 4.78 is 1.31. The summed E-state index contributed by atoms with van der Waals surface area (Å²) in [5.41, 5.74) is 0.868. The highest BCUT2D eigenvalue weighted by atomic mass is 32.1. The number of carbonyl (C=O) groups excluding carboxylic acids is 1. The quantitative estimate of drug-likeness (QED) is 0.780. The molecule has 0 saturated carbocycles. The lowest BCUT2D eigenvalue weighted by Gasteiger charge is -2.14. The van der Waals surface area contributed by atoms with E-state index in [2.05, 4.69) is 36.2 Å². The number of carbonyl (C=O) groups is 1. The van der Waals surface area contributed by atoms with Crippen LogP contribution < -0.4 is 10.9 Å².